The van der Waals surface area contributed by atoms with Gasteiger partial charge < -0.3 is 18.5 Å². The lowest BCUT2D eigenvalue weighted by Crippen LogP contribution is -2.39. The van der Waals surface area contributed by atoms with E-state index in [2.05, 4.69) is 5.09 Å². The molecule has 0 fully saturated rings. The molecule has 11 heteroatoms. The van der Waals surface area contributed by atoms with Gasteiger partial charge in [0.2, 0.25) is 0 Å². The van der Waals surface area contributed by atoms with Crippen LogP contribution in [0.2, 0.25) is 0 Å². The Kier molecular flexibility index (Phi) is 9.41. The summed E-state index contributed by atoms with van der Waals surface area (Å²) in [5.74, 6) is -0.412. The van der Waals surface area contributed by atoms with Crippen molar-refractivity contribution < 1.29 is 32.8 Å². The number of nitrogens with one attached hydrogen (secondary N) is 1. The fourth-order valence-corrected chi connectivity index (χ4v) is 4.53. The number of nitrogens with zero attached hydrogens (tertiary/aromatic N) is 1. The first-order valence-electron chi connectivity index (χ1n) is 11.5. The molecule has 2 atom stereocenters. The molecule has 3 aromatic carbocycles. The van der Waals surface area contributed by atoms with Gasteiger partial charge in [-0.25, -0.2) is 4.57 Å². The van der Waals surface area contributed by atoms with Gasteiger partial charge in [-0.05, 0) is 50.6 Å². The number of carbonyl (C=O) groups excluding carboxylic acids is 1. The van der Waals surface area contributed by atoms with Crippen molar-refractivity contribution in [2.45, 2.75) is 39.0 Å². The average molecular weight is 528 g/mol. The van der Waals surface area contributed by atoms with Crippen LogP contribution in [0.15, 0.2) is 84.9 Å². The van der Waals surface area contributed by atoms with Gasteiger partial charge in [0.1, 0.15) is 24.1 Å². The zero-order valence-electron chi connectivity index (χ0n) is 20.7. The molecule has 0 bridgehead atoms. The van der Waals surface area contributed by atoms with Crippen LogP contribution < -0.4 is 14.1 Å². The highest BCUT2D eigenvalue weighted by molar-refractivity contribution is 7.52. The first kappa shape index (κ1) is 27.9. The third kappa shape index (κ3) is 9.02. The first-order valence-corrected chi connectivity index (χ1v) is 13.0. The summed E-state index contributed by atoms with van der Waals surface area (Å²) >= 11 is 0. The normalized spacial score (nSPS) is 13.7. The number of rotatable bonds is 13. The maximum absolute atomic E-state index is 13.6. The predicted molar refractivity (Wildman–Crippen MR) is 137 cm³/mol. The molecule has 0 radical (unpaired) electrons. The minimum atomic E-state index is -4.18. The van der Waals surface area contributed by atoms with Gasteiger partial charge in [-0.1, -0.05) is 48.5 Å². The quantitative estimate of drug-likeness (QED) is 0.129. The van der Waals surface area contributed by atoms with E-state index in [1.165, 1.54) is 31.2 Å². The average Bonchev–Trinajstić information content (AvgIpc) is 2.87. The largest absolute Gasteiger partial charge is 0.513 e. The molecule has 0 aliphatic carbocycles. The molecule has 3 rings (SSSR count). The summed E-state index contributed by atoms with van der Waals surface area (Å²) in [5, 5.41) is 13.5. The minimum absolute atomic E-state index is 0.0439. The van der Waals surface area contributed by atoms with Gasteiger partial charge in [0.15, 0.2) is 0 Å². The van der Waals surface area contributed by atoms with Crippen LogP contribution in [0.25, 0.3) is 0 Å². The van der Waals surface area contributed by atoms with E-state index in [0.29, 0.717) is 6.61 Å². The number of benzene rings is 3. The maximum atomic E-state index is 13.6. The maximum Gasteiger partial charge on any atom is 0.513 e. The van der Waals surface area contributed by atoms with Crippen LogP contribution in [-0.2, 0) is 25.4 Å². The van der Waals surface area contributed by atoms with E-state index in [9.17, 15) is 19.5 Å². The summed E-state index contributed by atoms with van der Waals surface area (Å²) in [6, 6.07) is 21.8. The predicted octanol–water partition coefficient (Wildman–Crippen LogP) is 5.68. The van der Waals surface area contributed by atoms with Crippen molar-refractivity contribution in [3.8, 4) is 11.5 Å². The minimum Gasteiger partial charge on any atom is -0.461 e. The van der Waals surface area contributed by atoms with Gasteiger partial charge in [0, 0.05) is 12.1 Å². The van der Waals surface area contributed by atoms with Crippen LogP contribution in [0.5, 0.6) is 11.5 Å². The van der Waals surface area contributed by atoms with E-state index < -0.39 is 30.3 Å². The van der Waals surface area contributed by atoms with Crippen LogP contribution in [0.4, 0.5) is 5.69 Å². The van der Waals surface area contributed by atoms with Crippen molar-refractivity contribution in [2.75, 3.05) is 6.61 Å². The molecule has 0 amide bonds. The summed E-state index contributed by atoms with van der Waals surface area (Å²) in [5.41, 5.74) is 0.0533. The Morgan fingerprint density at radius 2 is 1.49 bits per heavy atom. The lowest BCUT2D eigenvalue weighted by Gasteiger charge is -2.27. The monoisotopic (exact) mass is 528 g/mol. The smallest absolute Gasteiger partial charge is 0.461 e. The van der Waals surface area contributed by atoms with Crippen molar-refractivity contribution in [1.29, 1.82) is 0 Å². The second kappa shape index (κ2) is 12.5. The summed E-state index contributed by atoms with van der Waals surface area (Å²) in [6.45, 7) is 5.35. The second-order valence-electron chi connectivity index (χ2n) is 8.74. The zero-order valence-corrected chi connectivity index (χ0v) is 21.6. The number of carbonyl (C=O) groups is 1. The molecule has 0 saturated heterocycles. The number of hydrogen-bond donors (Lipinski definition) is 1. The van der Waals surface area contributed by atoms with Gasteiger partial charge in [-0.15, -0.1) is 0 Å². The Bertz CT molecular complexity index is 1220. The van der Waals surface area contributed by atoms with Gasteiger partial charge in [0.05, 0.1) is 17.1 Å². The third-order valence-corrected chi connectivity index (χ3v) is 6.59. The standard InChI is InChI=1S/C26H29N2O8P/c1-20(25(29)33-19-26(2,3)34-18-21-10-6-4-7-11-21)27-37(32,35-23-12-8-5-9-13-23)36-24-16-14-22(15-17-24)28(30)31/h4-17,20H,18-19H2,1-3H3,(H,27,32)/t20-,37?/m0/s1. The van der Waals surface area contributed by atoms with Crippen molar-refractivity contribution in [2.24, 2.45) is 0 Å². The lowest BCUT2D eigenvalue weighted by molar-refractivity contribution is -0.384. The summed E-state index contributed by atoms with van der Waals surface area (Å²) in [4.78, 5) is 23.1. The van der Waals surface area contributed by atoms with E-state index in [1.807, 2.05) is 30.3 Å². The summed E-state index contributed by atoms with van der Waals surface area (Å²) < 4.78 is 36.1. The van der Waals surface area contributed by atoms with Crippen molar-refractivity contribution in [1.82, 2.24) is 5.09 Å². The molecular weight excluding hydrogens is 499 g/mol. The number of hydrogen-bond acceptors (Lipinski definition) is 8. The Morgan fingerprint density at radius 3 is 2.05 bits per heavy atom. The number of non-ortho nitro benzene ring substituents is 1. The summed E-state index contributed by atoms with van der Waals surface area (Å²) in [7, 11) is -4.18. The van der Waals surface area contributed by atoms with E-state index in [-0.39, 0.29) is 23.8 Å². The molecule has 10 nitrogen and oxygen atoms in total. The zero-order chi connectivity index (χ0) is 26.9. The van der Waals surface area contributed by atoms with E-state index in [1.54, 1.807) is 44.2 Å². The number of ether oxygens (including phenoxy) is 2. The number of nitro benzene ring substituents is 1. The molecule has 0 spiro atoms. The van der Waals surface area contributed by atoms with Crippen molar-refractivity contribution in [3.63, 3.8) is 0 Å². The Labute approximate surface area is 215 Å². The molecule has 37 heavy (non-hydrogen) atoms. The van der Waals surface area contributed by atoms with Crippen LogP contribution in [0, 0.1) is 10.1 Å². The Hall–Kier alpha value is -3.72. The van der Waals surface area contributed by atoms with Gasteiger partial charge in [-0.3, -0.25) is 14.9 Å². The SMILES string of the molecule is C[C@H](NP(=O)(Oc1ccccc1)Oc1ccc([N+](=O)[O-])cc1)C(=O)OCC(C)(C)OCc1ccccc1. The van der Waals surface area contributed by atoms with Crippen LogP contribution in [0.1, 0.15) is 26.3 Å². The Balaban J connectivity index is 1.64. The fraction of sp³-hybridized carbons (Fsp3) is 0.269. The number of nitro groups is 1. The van der Waals surface area contributed by atoms with Gasteiger partial charge in [-0.2, -0.15) is 5.09 Å². The van der Waals surface area contributed by atoms with Gasteiger partial charge >= 0.3 is 13.7 Å². The third-order valence-electron chi connectivity index (χ3n) is 4.98. The molecule has 0 saturated carbocycles. The molecule has 3 aromatic rings. The molecule has 0 heterocycles. The molecule has 0 aromatic heterocycles. The van der Waals surface area contributed by atoms with Crippen LogP contribution in [0.3, 0.4) is 0 Å². The molecule has 1 unspecified atom stereocenters. The second-order valence-corrected chi connectivity index (χ2v) is 10.4. The number of esters is 1. The van der Waals surface area contributed by atoms with Crippen molar-refractivity contribution in [3.05, 3.63) is 101 Å². The molecular formula is C26H29N2O8P. The van der Waals surface area contributed by atoms with Gasteiger partial charge in [0.25, 0.3) is 5.69 Å². The fourth-order valence-electron chi connectivity index (χ4n) is 3.01. The lowest BCUT2D eigenvalue weighted by atomic mass is 10.1. The van der Waals surface area contributed by atoms with Crippen molar-refractivity contribution >= 4 is 19.4 Å². The van der Waals surface area contributed by atoms with E-state index >= 15 is 0 Å². The highest BCUT2D eigenvalue weighted by atomic mass is 31.2. The van der Waals surface area contributed by atoms with Crippen LogP contribution in [-0.4, -0.2) is 29.1 Å². The first-order chi connectivity index (χ1) is 17.6. The molecule has 1 N–H and O–H groups in total. The summed E-state index contributed by atoms with van der Waals surface area (Å²) in [6.07, 6.45) is 0. The molecule has 196 valence electrons. The Morgan fingerprint density at radius 1 is 0.946 bits per heavy atom. The van der Waals surface area contributed by atoms with Crippen LogP contribution >= 0.6 is 7.75 Å². The highest BCUT2D eigenvalue weighted by Gasteiger charge is 2.34. The molecule has 0 aliphatic rings. The van der Waals surface area contributed by atoms with E-state index in [4.69, 9.17) is 18.5 Å². The van der Waals surface area contributed by atoms with E-state index in [0.717, 1.165) is 5.56 Å². The topological polar surface area (TPSA) is 126 Å². The number of para-hydroxylation sites is 1. The highest BCUT2D eigenvalue weighted by Crippen LogP contribution is 2.45. The molecule has 0 aliphatic heterocycles.